The predicted molar refractivity (Wildman–Crippen MR) is 64.5 cm³/mol. The average Bonchev–Trinajstić information content (AvgIpc) is 2.71. The standard InChI is InChI=1S/C13H22O4/c1-12(2,3)17-11(15)8-16-7-10(14)9-6-13(9,4)5/h6,10,14H,7-8H2,1-5H3. The maximum absolute atomic E-state index is 11.3. The highest BCUT2D eigenvalue weighted by Gasteiger charge is 2.38. The van der Waals surface area contributed by atoms with Gasteiger partial charge in [0, 0.05) is 5.41 Å². The Bertz CT molecular complexity index is 323. The van der Waals surface area contributed by atoms with E-state index in [0.717, 1.165) is 5.57 Å². The molecule has 98 valence electrons. The molecule has 0 bridgehead atoms. The monoisotopic (exact) mass is 242 g/mol. The minimum absolute atomic E-state index is 0.00863. The summed E-state index contributed by atoms with van der Waals surface area (Å²) in [5.41, 5.74) is 0.482. The third kappa shape index (κ3) is 4.88. The summed E-state index contributed by atoms with van der Waals surface area (Å²) in [6.07, 6.45) is 1.38. The van der Waals surface area contributed by atoms with Crippen molar-refractivity contribution in [3.05, 3.63) is 11.6 Å². The van der Waals surface area contributed by atoms with Crippen molar-refractivity contribution in [2.24, 2.45) is 5.41 Å². The van der Waals surface area contributed by atoms with Gasteiger partial charge in [0.1, 0.15) is 12.2 Å². The van der Waals surface area contributed by atoms with E-state index in [-0.39, 0.29) is 18.6 Å². The van der Waals surface area contributed by atoms with Crippen LogP contribution in [0.4, 0.5) is 0 Å². The Balaban J connectivity index is 2.16. The van der Waals surface area contributed by atoms with Crippen LogP contribution in [-0.4, -0.2) is 36.0 Å². The molecule has 0 heterocycles. The van der Waals surface area contributed by atoms with Crippen LogP contribution in [0.5, 0.6) is 0 Å². The van der Waals surface area contributed by atoms with Gasteiger partial charge in [-0.25, -0.2) is 4.79 Å². The van der Waals surface area contributed by atoms with Crippen molar-refractivity contribution in [2.45, 2.75) is 46.3 Å². The van der Waals surface area contributed by atoms with Crippen molar-refractivity contribution in [3.8, 4) is 0 Å². The van der Waals surface area contributed by atoms with Gasteiger partial charge in [-0.2, -0.15) is 0 Å². The van der Waals surface area contributed by atoms with Gasteiger partial charge in [-0.3, -0.25) is 0 Å². The number of aliphatic hydroxyl groups excluding tert-OH is 1. The molecule has 1 N–H and O–H groups in total. The van der Waals surface area contributed by atoms with Gasteiger partial charge in [-0.05, 0) is 26.3 Å². The van der Waals surface area contributed by atoms with Gasteiger partial charge in [0.05, 0.1) is 12.7 Å². The lowest BCUT2D eigenvalue weighted by Gasteiger charge is -2.19. The van der Waals surface area contributed by atoms with Crippen molar-refractivity contribution in [2.75, 3.05) is 13.2 Å². The van der Waals surface area contributed by atoms with E-state index in [1.165, 1.54) is 0 Å². The van der Waals surface area contributed by atoms with Crippen LogP contribution in [0.15, 0.2) is 11.6 Å². The number of esters is 1. The minimum Gasteiger partial charge on any atom is -0.458 e. The molecule has 0 aromatic rings. The SMILES string of the molecule is CC(C)(C)OC(=O)COCC(O)C1=CC1(C)C. The first-order chi connectivity index (χ1) is 7.62. The number of hydrogen-bond acceptors (Lipinski definition) is 4. The van der Waals surface area contributed by atoms with E-state index < -0.39 is 17.7 Å². The van der Waals surface area contributed by atoms with E-state index in [0.29, 0.717) is 0 Å². The molecule has 0 spiro atoms. The lowest BCUT2D eigenvalue weighted by atomic mass is 10.0. The Hall–Kier alpha value is -0.870. The average molecular weight is 242 g/mol. The number of ether oxygens (including phenoxy) is 2. The first kappa shape index (κ1) is 14.2. The van der Waals surface area contributed by atoms with Crippen molar-refractivity contribution in [1.82, 2.24) is 0 Å². The summed E-state index contributed by atoms with van der Waals surface area (Å²) in [4.78, 5) is 11.3. The van der Waals surface area contributed by atoms with Crippen molar-refractivity contribution >= 4 is 5.97 Å². The van der Waals surface area contributed by atoms with Crippen LogP contribution < -0.4 is 0 Å². The smallest absolute Gasteiger partial charge is 0.332 e. The molecule has 1 unspecified atom stereocenters. The molecule has 1 atom stereocenters. The number of hydrogen-bond donors (Lipinski definition) is 1. The Labute approximate surface area is 103 Å². The highest BCUT2D eigenvalue weighted by molar-refractivity contribution is 5.71. The van der Waals surface area contributed by atoms with Crippen LogP contribution in [0.25, 0.3) is 0 Å². The van der Waals surface area contributed by atoms with Crippen LogP contribution >= 0.6 is 0 Å². The van der Waals surface area contributed by atoms with Gasteiger partial charge >= 0.3 is 5.97 Å². The highest BCUT2D eigenvalue weighted by atomic mass is 16.6. The third-order valence-electron chi connectivity index (χ3n) is 2.45. The molecular formula is C13H22O4. The molecule has 0 saturated heterocycles. The Morgan fingerprint density at radius 3 is 2.41 bits per heavy atom. The number of carbonyl (C=O) groups excluding carboxylic acids is 1. The van der Waals surface area contributed by atoms with Crippen molar-refractivity contribution in [3.63, 3.8) is 0 Å². The third-order valence-corrected chi connectivity index (χ3v) is 2.45. The van der Waals surface area contributed by atoms with Gasteiger partial charge in [-0.15, -0.1) is 0 Å². The zero-order chi connectivity index (χ0) is 13.3. The molecule has 1 aliphatic rings. The predicted octanol–water partition coefficient (Wildman–Crippen LogP) is 1.67. The quantitative estimate of drug-likeness (QED) is 0.588. The van der Waals surface area contributed by atoms with E-state index in [1.54, 1.807) is 20.8 Å². The first-order valence-corrected chi connectivity index (χ1v) is 5.83. The Morgan fingerprint density at radius 1 is 1.47 bits per heavy atom. The summed E-state index contributed by atoms with van der Waals surface area (Å²) in [7, 11) is 0. The normalized spacial score (nSPS) is 19.5. The van der Waals surface area contributed by atoms with Gasteiger partial charge in [-0.1, -0.05) is 19.9 Å². The first-order valence-electron chi connectivity index (χ1n) is 5.83. The summed E-state index contributed by atoms with van der Waals surface area (Å²) in [5.74, 6) is -0.409. The molecule has 0 amide bonds. The second-order valence-electron chi connectivity index (χ2n) is 5.94. The molecule has 0 fully saturated rings. The largest absolute Gasteiger partial charge is 0.458 e. The second-order valence-corrected chi connectivity index (χ2v) is 5.94. The summed E-state index contributed by atoms with van der Waals surface area (Å²) in [6, 6.07) is 0. The van der Waals surface area contributed by atoms with Crippen LogP contribution in [0.1, 0.15) is 34.6 Å². The zero-order valence-electron chi connectivity index (χ0n) is 11.2. The van der Waals surface area contributed by atoms with Crippen molar-refractivity contribution in [1.29, 1.82) is 0 Å². The van der Waals surface area contributed by atoms with Crippen LogP contribution in [0.2, 0.25) is 0 Å². The summed E-state index contributed by atoms with van der Waals surface area (Å²) >= 11 is 0. The lowest BCUT2D eigenvalue weighted by Crippen LogP contribution is -2.28. The maximum atomic E-state index is 11.3. The number of carbonyl (C=O) groups is 1. The molecule has 1 aliphatic carbocycles. The zero-order valence-corrected chi connectivity index (χ0v) is 11.2. The minimum atomic E-state index is -0.618. The van der Waals surface area contributed by atoms with Gasteiger partial charge in [0.25, 0.3) is 0 Å². The van der Waals surface area contributed by atoms with E-state index in [4.69, 9.17) is 9.47 Å². The highest BCUT2D eigenvalue weighted by Crippen LogP contribution is 2.44. The maximum Gasteiger partial charge on any atom is 0.332 e. The van der Waals surface area contributed by atoms with Gasteiger partial charge in [0.2, 0.25) is 0 Å². The van der Waals surface area contributed by atoms with Crippen LogP contribution in [0, 0.1) is 5.41 Å². The molecule has 4 nitrogen and oxygen atoms in total. The Morgan fingerprint density at radius 2 is 2.00 bits per heavy atom. The summed E-state index contributed by atoms with van der Waals surface area (Å²) < 4.78 is 10.2. The fourth-order valence-corrected chi connectivity index (χ4v) is 1.59. The van der Waals surface area contributed by atoms with Gasteiger partial charge < -0.3 is 14.6 Å². The fraction of sp³-hybridized carbons (Fsp3) is 0.769. The number of aliphatic hydroxyl groups is 1. The number of allylic oxidation sites excluding steroid dienone is 1. The summed E-state index contributed by atoms with van der Waals surface area (Å²) in [6.45, 7) is 9.47. The molecule has 17 heavy (non-hydrogen) atoms. The van der Waals surface area contributed by atoms with E-state index in [1.807, 2.05) is 19.9 Å². The lowest BCUT2D eigenvalue weighted by molar-refractivity contribution is -0.160. The van der Waals surface area contributed by atoms with E-state index in [9.17, 15) is 9.90 Å². The fourth-order valence-electron chi connectivity index (χ4n) is 1.59. The van der Waals surface area contributed by atoms with Crippen molar-refractivity contribution < 1.29 is 19.4 Å². The van der Waals surface area contributed by atoms with Crippen LogP contribution in [0.3, 0.4) is 0 Å². The van der Waals surface area contributed by atoms with E-state index >= 15 is 0 Å². The Kier molecular flexibility index (Phi) is 3.99. The molecule has 4 heteroatoms. The topological polar surface area (TPSA) is 55.8 Å². The molecule has 0 radical (unpaired) electrons. The molecule has 0 aromatic heterocycles. The number of rotatable bonds is 5. The molecular weight excluding hydrogens is 220 g/mol. The van der Waals surface area contributed by atoms with Crippen LogP contribution in [-0.2, 0) is 14.3 Å². The second kappa shape index (κ2) is 4.78. The van der Waals surface area contributed by atoms with Gasteiger partial charge in [0.15, 0.2) is 0 Å². The molecule has 0 saturated carbocycles. The van der Waals surface area contributed by atoms with E-state index in [2.05, 4.69) is 0 Å². The molecule has 0 aromatic carbocycles. The molecule has 0 aliphatic heterocycles. The molecule has 1 rings (SSSR count). The summed E-state index contributed by atoms with van der Waals surface area (Å²) in [5, 5.41) is 9.72.